The Labute approximate surface area is 193 Å². The summed E-state index contributed by atoms with van der Waals surface area (Å²) in [6.45, 7) is 2.64. The first kappa shape index (κ1) is 22.7. The second-order valence-electron chi connectivity index (χ2n) is 8.40. The van der Waals surface area contributed by atoms with E-state index in [2.05, 4.69) is 15.5 Å². The van der Waals surface area contributed by atoms with Crippen LogP contribution in [0.3, 0.4) is 0 Å². The molecule has 33 heavy (non-hydrogen) atoms. The van der Waals surface area contributed by atoms with Crippen molar-refractivity contribution in [1.82, 2.24) is 10.2 Å². The predicted molar refractivity (Wildman–Crippen MR) is 127 cm³/mol. The largest absolute Gasteiger partial charge is 0.348 e. The van der Waals surface area contributed by atoms with Gasteiger partial charge in [-0.25, -0.2) is 4.39 Å². The van der Waals surface area contributed by atoms with E-state index < -0.39 is 0 Å². The van der Waals surface area contributed by atoms with Crippen LogP contribution in [-0.4, -0.2) is 29.8 Å². The Bertz CT molecular complexity index is 1090. The van der Waals surface area contributed by atoms with E-state index in [4.69, 9.17) is 0 Å². The van der Waals surface area contributed by atoms with E-state index in [-0.39, 0.29) is 23.5 Å². The Balaban J connectivity index is 1.36. The molecule has 5 nitrogen and oxygen atoms in total. The molecule has 0 unspecified atom stereocenters. The van der Waals surface area contributed by atoms with Gasteiger partial charge in [0.05, 0.1) is 17.2 Å². The van der Waals surface area contributed by atoms with E-state index in [0.717, 1.165) is 30.5 Å². The van der Waals surface area contributed by atoms with Crippen molar-refractivity contribution < 1.29 is 14.0 Å². The van der Waals surface area contributed by atoms with Crippen molar-refractivity contribution in [1.29, 1.82) is 0 Å². The molecular formula is C27H28FN3O2. The number of benzene rings is 3. The molecule has 1 aliphatic rings. The van der Waals surface area contributed by atoms with Crippen LogP contribution in [0.15, 0.2) is 78.9 Å². The van der Waals surface area contributed by atoms with Gasteiger partial charge in [-0.15, -0.1) is 0 Å². The van der Waals surface area contributed by atoms with Gasteiger partial charge in [0.25, 0.3) is 5.91 Å². The van der Waals surface area contributed by atoms with Crippen molar-refractivity contribution >= 4 is 17.5 Å². The average molecular weight is 446 g/mol. The Hall–Kier alpha value is -3.51. The quantitative estimate of drug-likeness (QED) is 0.559. The molecule has 2 amide bonds. The average Bonchev–Trinajstić information content (AvgIpc) is 2.85. The predicted octanol–water partition coefficient (Wildman–Crippen LogP) is 4.61. The van der Waals surface area contributed by atoms with Crippen LogP contribution < -0.4 is 10.6 Å². The lowest BCUT2D eigenvalue weighted by Gasteiger charge is -2.32. The minimum atomic E-state index is -0.249. The Morgan fingerprint density at radius 3 is 2.42 bits per heavy atom. The van der Waals surface area contributed by atoms with E-state index >= 15 is 0 Å². The number of hydrogen-bond donors (Lipinski definition) is 2. The molecule has 1 fully saturated rings. The molecule has 2 N–H and O–H groups in total. The van der Waals surface area contributed by atoms with Crippen LogP contribution in [-0.2, 0) is 17.9 Å². The lowest BCUT2D eigenvalue weighted by molar-refractivity contribution is -0.121. The Morgan fingerprint density at radius 1 is 0.909 bits per heavy atom. The van der Waals surface area contributed by atoms with Gasteiger partial charge in [0, 0.05) is 19.6 Å². The maximum Gasteiger partial charge on any atom is 0.253 e. The first-order valence-electron chi connectivity index (χ1n) is 11.3. The summed E-state index contributed by atoms with van der Waals surface area (Å²) >= 11 is 0. The molecule has 3 aromatic carbocycles. The van der Waals surface area contributed by atoms with Gasteiger partial charge in [0.15, 0.2) is 0 Å². The number of anilines is 1. The fourth-order valence-electron chi connectivity index (χ4n) is 4.16. The third kappa shape index (κ3) is 6.26. The molecule has 1 saturated heterocycles. The van der Waals surface area contributed by atoms with Gasteiger partial charge in [-0.05, 0) is 54.8 Å². The molecule has 0 bridgehead atoms. The van der Waals surface area contributed by atoms with Crippen LogP contribution in [0.4, 0.5) is 10.1 Å². The fraction of sp³-hybridized carbons (Fsp3) is 0.259. The normalized spacial score (nSPS) is 16.2. The molecule has 4 rings (SSSR count). The summed E-state index contributed by atoms with van der Waals surface area (Å²) in [5, 5.41) is 5.90. The number of amides is 2. The number of likely N-dealkylation sites (tertiary alicyclic amines) is 1. The van der Waals surface area contributed by atoms with E-state index in [0.29, 0.717) is 30.9 Å². The molecule has 0 radical (unpaired) electrons. The topological polar surface area (TPSA) is 61.4 Å². The number of halogens is 1. The van der Waals surface area contributed by atoms with E-state index in [1.54, 1.807) is 30.3 Å². The molecule has 0 aromatic heterocycles. The molecule has 1 atom stereocenters. The summed E-state index contributed by atoms with van der Waals surface area (Å²) < 4.78 is 13.2. The lowest BCUT2D eigenvalue weighted by Crippen LogP contribution is -2.40. The fourth-order valence-corrected chi connectivity index (χ4v) is 4.16. The van der Waals surface area contributed by atoms with Crippen LogP contribution in [0.5, 0.6) is 0 Å². The molecular weight excluding hydrogens is 417 g/mol. The summed E-state index contributed by atoms with van der Waals surface area (Å²) in [4.78, 5) is 28.0. The smallest absolute Gasteiger partial charge is 0.253 e. The van der Waals surface area contributed by atoms with Crippen molar-refractivity contribution in [2.75, 3.05) is 18.4 Å². The van der Waals surface area contributed by atoms with E-state index in [1.807, 2.05) is 36.4 Å². The molecule has 0 saturated carbocycles. The van der Waals surface area contributed by atoms with Crippen molar-refractivity contribution in [3.05, 3.63) is 101 Å². The Morgan fingerprint density at radius 2 is 1.64 bits per heavy atom. The second kappa shape index (κ2) is 10.9. The van der Waals surface area contributed by atoms with Crippen LogP contribution in [0, 0.1) is 11.7 Å². The van der Waals surface area contributed by atoms with Crippen LogP contribution >= 0.6 is 0 Å². The maximum absolute atomic E-state index is 13.2. The zero-order valence-corrected chi connectivity index (χ0v) is 18.5. The van der Waals surface area contributed by atoms with Gasteiger partial charge in [-0.1, -0.05) is 54.6 Å². The lowest BCUT2D eigenvalue weighted by atomic mass is 9.96. The highest BCUT2D eigenvalue weighted by Crippen LogP contribution is 2.22. The van der Waals surface area contributed by atoms with Gasteiger partial charge in [0.2, 0.25) is 5.91 Å². The molecule has 170 valence electrons. The summed E-state index contributed by atoms with van der Waals surface area (Å²) in [5.41, 5.74) is 3.00. The van der Waals surface area contributed by atoms with Crippen molar-refractivity contribution in [2.24, 2.45) is 5.92 Å². The SMILES string of the molecule is O=C(NCc1ccccc1)c1ccccc1NC(=O)[C@@H]1CCCN(Cc2ccc(F)cc2)C1. The molecule has 1 heterocycles. The first-order valence-corrected chi connectivity index (χ1v) is 11.3. The third-order valence-electron chi connectivity index (χ3n) is 5.92. The summed E-state index contributed by atoms with van der Waals surface area (Å²) in [5.74, 6) is -0.723. The second-order valence-corrected chi connectivity index (χ2v) is 8.40. The van der Waals surface area contributed by atoms with Crippen molar-refractivity contribution in [3.63, 3.8) is 0 Å². The minimum Gasteiger partial charge on any atom is -0.348 e. The number of rotatable bonds is 7. The van der Waals surface area contributed by atoms with Crippen LogP contribution in [0.25, 0.3) is 0 Å². The van der Waals surface area contributed by atoms with E-state index in [9.17, 15) is 14.0 Å². The van der Waals surface area contributed by atoms with Crippen LogP contribution in [0.1, 0.15) is 34.3 Å². The van der Waals surface area contributed by atoms with E-state index in [1.165, 1.54) is 12.1 Å². The first-order chi connectivity index (χ1) is 16.1. The van der Waals surface area contributed by atoms with Gasteiger partial charge < -0.3 is 10.6 Å². The van der Waals surface area contributed by atoms with Gasteiger partial charge in [0.1, 0.15) is 5.82 Å². The third-order valence-corrected chi connectivity index (χ3v) is 5.92. The zero-order chi connectivity index (χ0) is 23.0. The number of para-hydroxylation sites is 1. The van der Waals surface area contributed by atoms with Gasteiger partial charge in [-0.2, -0.15) is 0 Å². The number of carbonyl (C=O) groups is 2. The number of nitrogens with zero attached hydrogens (tertiary/aromatic N) is 1. The number of hydrogen-bond acceptors (Lipinski definition) is 3. The summed E-state index contributed by atoms with van der Waals surface area (Å²) in [6, 6.07) is 23.3. The monoisotopic (exact) mass is 445 g/mol. The van der Waals surface area contributed by atoms with Crippen molar-refractivity contribution in [2.45, 2.75) is 25.9 Å². The molecule has 3 aromatic rings. The standard InChI is InChI=1S/C27H28FN3O2/c28-23-14-12-21(13-15-23)18-31-16-6-9-22(19-31)26(32)30-25-11-5-4-10-24(25)27(33)29-17-20-7-2-1-3-8-20/h1-5,7-8,10-15,22H,6,9,16-19H2,(H,29,33)(H,30,32)/t22-/m1/s1. The number of carbonyl (C=O) groups excluding carboxylic acids is 2. The maximum atomic E-state index is 13.2. The number of nitrogens with one attached hydrogen (secondary N) is 2. The summed E-state index contributed by atoms with van der Waals surface area (Å²) in [7, 11) is 0. The molecule has 0 spiro atoms. The molecule has 0 aliphatic carbocycles. The van der Waals surface area contributed by atoms with Gasteiger partial charge >= 0.3 is 0 Å². The van der Waals surface area contributed by atoms with Gasteiger partial charge in [-0.3, -0.25) is 14.5 Å². The van der Waals surface area contributed by atoms with Crippen LogP contribution in [0.2, 0.25) is 0 Å². The highest BCUT2D eigenvalue weighted by atomic mass is 19.1. The Kier molecular flexibility index (Phi) is 7.47. The highest BCUT2D eigenvalue weighted by Gasteiger charge is 2.26. The van der Waals surface area contributed by atoms with Crippen molar-refractivity contribution in [3.8, 4) is 0 Å². The highest BCUT2D eigenvalue weighted by molar-refractivity contribution is 6.04. The molecule has 1 aliphatic heterocycles. The summed E-state index contributed by atoms with van der Waals surface area (Å²) in [6.07, 6.45) is 1.71. The zero-order valence-electron chi connectivity index (χ0n) is 18.5. The molecule has 6 heteroatoms. The number of piperidine rings is 1. The minimum absolute atomic E-state index is 0.0814.